The summed E-state index contributed by atoms with van der Waals surface area (Å²) in [5, 5.41) is 9.13. The van der Waals surface area contributed by atoms with Crippen LogP contribution in [-0.4, -0.2) is 47.4 Å². The molecule has 2 aromatic rings. The third kappa shape index (κ3) is 4.42. The minimum atomic E-state index is -1.17. The van der Waals surface area contributed by atoms with E-state index in [-0.39, 0.29) is 25.2 Å². The predicted octanol–water partition coefficient (Wildman–Crippen LogP) is 2.73. The number of hydrogen-bond acceptors (Lipinski definition) is 4. The number of carboxylic acid groups (broad SMARTS) is 1. The second kappa shape index (κ2) is 8.45. The first-order valence-corrected chi connectivity index (χ1v) is 10.0. The normalized spacial score (nSPS) is 19.9. The number of fused-ring (bicyclic) bond motifs is 1. The van der Waals surface area contributed by atoms with Gasteiger partial charge in [-0.2, -0.15) is 0 Å². The zero-order valence-corrected chi connectivity index (χ0v) is 16.6. The first kappa shape index (κ1) is 21.0. The van der Waals surface area contributed by atoms with Gasteiger partial charge in [0.2, 0.25) is 5.91 Å². The lowest BCUT2D eigenvalue weighted by Crippen LogP contribution is -2.33. The number of ether oxygens (including phenoxy) is 1. The molecule has 8 heteroatoms. The van der Waals surface area contributed by atoms with Gasteiger partial charge in [-0.1, -0.05) is 12.1 Å². The zero-order chi connectivity index (χ0) is 22.1. The molecule has 0 bridgehead atoms. The van der Waals surface area contributed by atoms with Crippen LogP contribution < -0.4 is 4.74 Å². The standard InChI is InChI=1S/C23H21F2NO5/c24-15-3-1-13(2-4-15)7-16(27)9-18-19(11-26(23(18)30)12-22(28)29)17-8-14-5-6-31-21(14)10-20(17)25/h1-4,8,10,18-19H,5-7,9,11-12H2,(H,28,29)/t18-,19-/m0/s1. The van der Waals surface area contributed by atoms with Crippen molar-refractivity contribution in [1.82, 2.24) is 4.90 Å². The number of likely N-dealkylation sites (tertiary alicyclic amines) is 1. The van der Waals surface area contributed by atoms with Crippen LogP contribution in [0.15, 0.2) is 36.4 Å². The number of benzene rings is 2. The summed E-state index contributed by atoms with van der Waals surface area (Å²) in [6.45, 7) is -0.0314. The fraction of sp³-hybridized carbons (Fsp3) is 0.348. The molecule has 0 saturated carbocycles. The van der Waals surface area contributed by atoms with E-state index in [0.29, 0.717) is 29.9 Å². The van der Waals surface area contributed by atoms with Gasteiger partial charge in [0.1, 0.15) is 29.7 Å². The van der Waals surface area contributed by atoms with Crippen LogP contribution in [0.2, 0.25) is 0 Å². The lowest BCUT2D eigenvalue weighted by molar-refractivity contribution is -0.143. The van der Waals surface area contributed by atoms with Gasteiger partial charge < -0.3 is 14.7 Å². The van der Waals surface area contributed by atoms with Gasteiger partial charge in [0.25, 0.3) is 0 Å². The summed E-state index contributed by atoms with van der Waals surface area (Å²) in [7, 11) is 0. The second-order valence-electron chi connectivity index (χ2n) is 7.95. The number of carbonyl (C=O) groups excluding carboxylic acids is 2. The molecule has 162 valence electrons. The van der Waals surface area contributed by atoms with Crippen molar-refractivity contribution in [3.63, 3.8) is 0 Å². The van der Waals surface area contributed by atoms with Gasteiger partial charge in [-0.15, -0.1) is 0 Å². The van der Waals surface area contributed by atoms with Crippen LogP contribution in [0.4, 0.5) is 8.78 Å². The molecule has 6 nitrogen and oxygen atoms in total. The molecule has 1 fully saturated rings. The third-order valence-electron chi connectivity index (χ3n) is 5.83. The number of aliphatic carboxylic acids is 1. The van der Waals surface area contributed by atoms with E-state index in [4.69, 9.17) is 9.84 Å². The first-order chi connectivity index (χ1) is 14.8. The fourth-order valence-corrected chi connectivity index (χ4v) is 4.36. The van der Waals surface area contributed by atoms with Crippen LogP contribution in [0, 0.1) is 17.6 Å². The topological polar surface area (TPSA) is 83.9 Å². The summed E-state index contributed by atoms with van der Waals surface area (Å²) in [5.74, 6) is -3.88. The number of carbonyl (C=O) groups is 3. The molecule has 0 spiro atoms. The van der Waals surface area contributed by atoms with Crippen molar-refractivity contribution >= 4 is 17.7 Å². The molecule has 0 aromatic heterocycles. The van der Waals surface area contributed by atoms with Gasteiger partial charge >= 0.3 is 5.97 Å². The third-order valence-corrected chi connectivity index (χ3v) is 5.83. The molecule has 2 aliphatic heterocycles. The highest BCUT2D eigenvalue weighted by Crippen LogP contribution is 2.40. The summed E-state index contributed by atoms with van der Waals surface area (Å²) in [5.41, 5.74) is 1.73. The minimum absolute atomic E-state index is 0.0101. The molecule has 31 heavy (non-hydrogen) atoms. The molecule has 1 N–H and O–H groups in total. The lowest BCUT2D eigenvalue weighted by atomic mass is 9.83. The molecule has 2 heterocycles. The molecule has 2 atom stereocenters. The number of carboxylic acids is 1. The summed E-state index contributed by atoms with van der Waals surface area (Å²) >= 11 is 0. The number of nitrogens with zero attached hydrogens (tertiary/aromatic N) is 1. The Bertz CT molecular complexity index is 1040. The molecule has 1 saturated heterocycles. The number of Topliss-reactive ketones (excluding diaryl/α,β-unsaturated/α-hetero) is 1. The van der Waals surface area contributed by atoms with Gasteiger partial charge in [-0.05, 0) is 34.9 Å². The van der Waals surface area contributed by atoms with Gasteiger partial charge in [-0.3, -0.25) is 14.4 Å². The average Bonchev–Trinajstić information content (AvgIpc) is 3.28. The molecular weight excluding hydrogens is 408 g/mol. The van der Waals surface area contributed by atoms with E-state index < -0.39 is 41.9 Å². The summed E-state index contributed by atoms with van der Waals surface area (Å²) in [6.07, 6.45) is 0.483. The number of ketones is 1. The molecule has 2 aliphatic rings. The second-order valence-corrected chi connectivity index (χ2v) is 7.95. The Labute approximate surface area is 177 Å². The van der Waals surface area contributed by atoms with Crippen molar-refractivity contribution in [2.24, 2.45) is 5.92 Å². The highest BCUT2D eigenvalue weighted by molar-refractivity contribution is 5.91. The quantitative estimate of drug-likeness (QED) is 0.732. The van der Waals surface area contributed by atoms with E-state index in [1.54, 1.807) is 6.07 Å². The molecule has 0 aliphatic carbocycles. The van der Waals surface area contributed by atoms with Gasteiger partial charge in [0, 0.05) is 37.8 Å². The van der Waals surface area contributed by atoms with E-state index in [0.717, 1.165) is 10.5 Å². The SMILES string of the molecule is O=C(O)CN1C[C@@H](c2cc3c(cc2F)OCC3)[C@H](CC(=O)Cc2ccc(F)cc2)C1=O. The van der Waals surface area contributed by atoms with E-state index in [9.17, 15) is 23.2 Å². The van der Waals surface area contributed by atoms with Crippen molar-refractivity contribution in [3.8, 4) is 5.75 Å². The van der Waals surface area contributed by atoms with Crippen molar-refractivity contribution in [3.05, 3.63) is 64.7 Å². The Morgan fingerprint density at radius 2 is 1.90 bits per heavy atom. The van der Waals surface area contributed by atoms with Crippen molar-refractivity contribution in [1.29, 1.82) is 0 Å². The Kier molecular flexibility index (Phi) is 5.71. The average molecular weight is 429 g/mol. The van der Waals surface area contributed by atoms with Crippen LogP contribution in [0.1, 0.15) is 29.0 Å². The van der Waals surface area contributed by atoms with E-state index in [1.165, 1.54) is 30.3 Å². The Morgan fingerprint density at radius 1 is 1.16 bits per heavy atom. The van der Waals surface area contributed by atoms with Crippen molar-refractivity contribution in [2.45, 2.75) is 25.2 Å². The van der Waals surface area contributed by atoms with Crippen LogP contribution in [0.5, 0.6) is 5.75 Å². The number of halogens is 2. The summed E-state index contributed by atoms with van der Waals surface area (Å²) < 4.78 is 33.3. The minimum Gasteiger partial charge on any atom is -0.493 e. The first-order valence-electron chi connectivity index (χ1n) is 10.0. The number of amides is 1. The molecule has 0 radical (unpaired) electrons. The van der Waals surface area contributed by atoms with E-state index in [2.05, 4.69) is 0 Å². The lowest BCUT2D eigenvalue weighted by Gasteiger charge is -2.18. The maximum atomic E-state index is 14.9. The highest BCUT2D eigenvalue weighted by atomic mass is 19.1. The fourth-order valence-electron chi connectivity index (χ4n) is 4.36. The molecule has 1 amide bonds. The molecular formula is C23H21F2NO5. The van der Waals surface area contributed by atoms with Gasteiger partial charge in [0.05, 0.1) is 12.5 Å². The Hall–Kier alpha value is -3.29. The number of hydrogen-bond donors (Lipinski definition) is 1. The Morgan fingerprint density at radius 3 is 2.61 bits per heavy atom. The van der Waals surface area contributed by atoms with Crippen molar-refractivity contribution < 1.29 is 33.0 Å². The maximum Gasteiger partial charge on any atom is 0.323 e. The van der Waals surface area contributed by atoms with Gasteiger partial charge in [0.15, 0.2) is 0 Å². The van der Waals surface area contributed by atoms with Crippen LogP contribution in [0.3, 0.4) is 0 Å². The molecule has 2 aromatic carbocycles. The molecule has 0 unspecified atom stereocenters. The monoisotopic (exact) mass is 429 g/mol. The van der Waals surface area contributed by atoms with Gasteiger partial charge in [-0.25, -0.2) is 8.78 Å². The van der Waals surface area contributed by atoms with E-state index in [1.807, 2.05) is 0 Å². The number of rotatable bonds is 7. The van der Waals surface area contributed by atoms with Crippen molar-refractivity contribution in [2.75, 3.05) is 19.7 Å². The van der Waals surface area contributed by atoms with Crippen LogP contribution >= 0.6 is 0 Å². The molecule has 4 rings (SSSR count). The zero-order valence-electron chi connectivity index (χ0n) is 16.6. The van der Waals surface area contributed by atoms with E-state index >= 15 is 0 Å². The smallest absolute Gasteiger partial charge is 0.323 e. The summed E-state index contributed by atoms with van der Waals surface area (Å²) in [6, 6.07) is 8.46. The predicted molar refractivity (Wildman–Crippen MR) is 106 cm³/mol. The summed E-state index contributed by atoms with van der Waals surface area (Å²) in [4.78, 5) is 37.9. The van der Waals surface area contributed by atoms with Crippen LogP contribution in [-0.2, 0) is 27.2 Å². The Balaban J connectivity index is 1.59. The van der Waals surface area contributed by atoms with Crippen LogP contribution in [0.25, 0.3) is 0 Å². The highest BCUT2D eigenvalue weighted by Gasteiger charge is 2.44. The largest absolute Gasteiger partial charge is 0.493 e. The maximum absolute atomic E-state index is 14.9.